The van der Waals surface area contributed by atoms with Gasteiger partial charge >= 0.3 is 0 Å². The molecular weight excluding hydrogens is 218 g/mol. The van der Waals surface area contributed by atoms with Crippen LogP contribution in [-0.4, -0.2) is 36.1 Å². The van der Waals surface area contributed by atoms with Gasteiger partial charge in [-0.15, -0.1) is 11.3 Å². The maximum atomic E-state index is 4.36. The standard InChI is InChI=1S/C12H21N3S/c1-2-13-6-11-4-3-5-15(7-11)8-12-9-16-10-14-12/h9-11,13H,2-8H2,1H3. The molecule has 1 aliphatic heterocycles. The molecule has 1 aromatic heterocycles. The largest absolute Gasteiger partial charge is 0.317 e. The molecule has 0 saturated carbocycles. The van der Waals surface area contributed by atoms with Gasteiger partial charge in [-0.25, -0.2) is 4.98 Å². The first kappa shape index (κ1) is 12.0. The maximum absolute atomic E-state index is 4.36. The van der Waals surface area contributed by atoms with Crippen LogP contribution < -0.4 is 5.32 Å². The van der Waals surface area contributed by atoms with Gasteiger partial charge in [-0.1, -0.05) is 6.92 Å². The summed E-state index contributed by atoms with van der Waals surface area (Å²) in [7, 11) is 0. The number of rotatable bonds is 5. The van der Waals surface area contributed by atoms with E-state index in [-0.39, 0.29) is 0 Å². The van der Waals surface area contributed by atoms with E-state index in [1.807, 2.05) is 5.51 Å². The number of aromatic nitrogens is 1. The Hall–Kier alpha value is -0.450. The Labute approximate surface area is 102 Å². The molecule has 1 unspecified atom stereocenters. The highest BCUT2D eigenvalue weighted by Gasteiger charge is 2.19. The quantitative estimate of drug-likeness (QED) is 0.851. The Bertz CT molecular complexity index is 286. The summed E-state index contributed by atoms with van der Waals surface area (Å²) in [4.78, 5) is 6.90. The van der Waals surface area contributed by atoms with Crippen LogP contribution in [0.1, 0.15) is 25.5 Å². The average Bonchev–Trinajstić information content (AvgIpc) is 2.80. The minimum Gasteiger partial charge on any atom is -0.317 e. The molecule has 0 aromatic carbocycles. The van der Waals surface area contributed by atoms with Crippen LogP contribution in [0.25, 0.3) is 0 Å². The molecule has 1 aromatic rings. The number of nitrogens with zero attached hydrogens (tertiary/aromatic N) is 2. The minimum absolute atomic E-state index is 0.826. The topological polar surface area (TPSA) is 28.2 Å². The van der Waals surface area contributed by atoms with Crippen LogP contribution >= 0.6 is 11.3 Å². The normalized spacial score (nSPS) is 22.4. The molecule has 2 rings (SSSR count). The molecule has 1 aliphatic rings. The summed E-state index contributed by atoms with van der Waals surface area (Å²) in [5, 5.41) is 5.62. The summed E-state index contributed by atoms with van der Waals surface area (Å²) in [6.07, 6.45) is 2.71. The van der Waals surface area contributed by atoms with Crippen LogP contribution in [0.4, 0.5) is 0 Å². The molecule has 0 aliphatic carbocycles. The maximum Gasteiger partial charge on any atom is 0.0795 e. The third-order valence-electron chi connectivity index (χ3n) is 3.16. The first-order valence-corrected chi connectivity index (χ1v) is 7.13. The van der Waals surface area contributed by atoms with Crippen molar-refractivity contribution in [1.82, 2.24) is 15.2 Å². The zero-order valence-electron chi connectivity index (χ0n) is 9.98. The smallest absolute Gasteiger partial charge is 0.0795 e. The number of thiazole rings is 1. The summed E-state index contributed by atoms with van der Waals surface area (Å²) in [6, 6.07) is 0. The highest BCUT2D eigenvalue weighted by molar-refractivity contribution is 7.07. The Morgan fingerprint density at radius 1 is 1.62 bits per heavy atom. The SMILES string of the molecule is CCNCC1CCCN(Cc2cscn2)C1. The molecular formula is C12H21N3S. The molecule has 1 fully saturated rings. The summed E-state index contributed by atoms with van der Waals surface area (Å²) >= 11 is 1.69. The number of hydrogen-bond donors (Lipinski definition) is 1. The second kappa shape index (κ2) is 6.33. The van der Waals surface area contributed by atoms with Crippen molar-refractivity contribution in [1.29, 1.82) is 0 Å². The van der Waals surface area contributed by atoms with E-state index in [1.165, 1.54) is 38.2 Å². The third-order valence-corrected chi connectivity index (χ3v) is 3.79. The van der Waals surface area contributed by atoms with E-state index in [0.717, 1.165) is 19.0 Å². The summed E-state index contributed by atoms with van der Waals surface area (Å²) < 4.78 is 0. The third kappa shape index (κ3) is 3.54. The fraction of sp³-hybridized carbons (Fsp3) is 0.750. The van der Waals surface area contributed by atoms with Gasteiger partial charge in [0.15, 0.2) is 0 Å². The Balaban J connectivity index is 1.77. The highest BCUT2D eigenvalue weighted by Crippen LogP contribution is 2.17. The van der Waals surface area contributed by atoms with Crippen molar-refractivity contribution in [2.24, 2.45) is 5.92 Å². The molecule has 16 heavy (non-hydrogen) atoms. The van der Waals surface area contributed by atoms with Crippen molar-refractivity contribution in [2.75, 3.05) is 26.2 Å². The predicted octanol–water partition coefficient (Wildman–Crippen LogP) is 1.96. The molecule has 3 nitrogen and oxygen atoms in total. The molecule has 90 valence electrons. The number of likely N-dealkylation sites (tertiary alicyclic amines) is 1. The highest BCUT2D eigenvalue weighted by atomic mass is 32.1. The first-order valence-electron chi connectivity index (χ1n) is 6.18. The van der Waals surface area contributed by atoms with Gasteiger partial charge in [0, 0.05) is 18.5 Å². The van der Waals surface area contributed by atoms with Gasteiger partial charge in [0.1, 0.15) is 0 Å². The second-order valence-corrected chi connectivity index (χ2v) is 5.25. The van der Waals surface area contributed by atoms with E-state index < -0.39 is 0 Å². The van der Waals surface area contributed by atoms with Crippen molar-refractivity contribution in [2.45, 2.75) is 26.3 Å². The summed E-state index contributed by atoms with van der Waals surface area (Å²) in [6.45, 7) is 7.93. The van der Waals surface area contributed by atoms with Gasteiger partial charge in [-0.05, 0) is 38.4 Å². The van der Waals surface area contributed by atoms with E-state index in [2.05, 4.69) is 27.5 Å². The second-order valence-electron chi connectivity index (χ2n) is 4.53. The lowest BCUT2D eigenvalue weighted by molar-refractivity contribution is 0.164. The minimum atomic E-state index is 0.826. The summed E-state index contributed by atoms with van der Waals surface area (Å²) in [5.74, 6) is 0.826. The zero-order chi connectivity index (χ0) is 11.2. The van der Waals surface area contributed by atoms with Crippen LogP contribution in [0, 0.1) is 5.92 Å². The van der Waals surface area contributed by atoms with Crippen LogP contribution in [0.5, 0.6) is 0 Å². The van der Waals surface area contributed by atoms with Crippen molar-refractivity contribution in [3.63, 3.8) is 0 Å². The van der Waals surface area contributed by atoms with Crippen LogP contribution in [0.2, 0.25) is 0 Å². The Kier molecular flexibility index (Phi) is 4.75. The number of hydrogen-bond acceptors (Lipinski definition) is 4. The lowest BCUT2D eigenvalue weighted by Gasteiger charge is -2.32. The van der Waals surface area contributed by atoms with E-state index in [0.29, 0.717) is 0 Å². The molecule has 0 spiro atoms. The van der Waals surface area contributed by atoms with Crippen LogP contribution in [0.15, 0.2) is 10.9 Å². The molecule has 0 bridgehead atoms. The van der Waals surface area contributed by atoms with E-state index in [4.69, 9.17) is 0 Å². The number of piperidine rings is 1. The van der Waals surface area contributed by atoms with Crippen molar-refractivity contribution in [3.8, 4) is 0 Å². The predicted molar refractivity (Wildman–Crippen MR) is 68.7 cm³/mol. The average molecular weight is 239 g/mol. The Morgan fingerprint density at radius 3 is 3.31 bits per heavy atom. The van der Waals surface area contributed by atoms with E-state index in [9.17, 15) is 0 Å². The van der Waals surface area contributed by atoms with Gasteiger partial charge in [0.05, 0.1) is 11.2 Å². The van der Waals surface area contributed by atoms with Crippen LogP contribution in [-0.2, 0) is 6.54 Å². The molecule has 2 heterocycles. The van der Waals surface area contributed by atoms with Gasteiger partial charge in [0.2, 0.25) is 0 Å². The zero-order valence-corrected chi connectivity index (χ0v) is 10.8. The van der Waals surface area contributed by atoms with Crippen molar-refractivity contribution < 1.29 is 0 Å². The molecule has 1 saturated heterocycles. The Morgan fingerprint density at radius 2 is 2.56 bits per heavy atom. The van der Waals surface area contributed by atoms with Crippen molar-refractivity contribution in [3.05, 3.63) is 16.6 Å². The lowest BCUT2D eigenvalue weighted by Crippen LogP contribution is -2.39. The molecule has 1 atom stereocenters. The van der Waals surface area contributed by atoms with Crippen molar-refractivity contribution >= 4 is 11.3 Å². The van der Waals surface area contributed by atoms with Gasteiger partial charge in [-0.3, -0.25) is 4.90 Å². The van der Waals surface area contributed by atoms with Gasteiger partial charge < -0.3 is 5.32 Å². The van der Waals surface area contributed by atoms with E-state index in [1.54, 1.807) is 11.3 Å². The fourth-order valence-electron chi connectivity index (χ4n) is 2.35. The van der Waals surface area contributed by atoms with Crippen LogP contribution in [0.3, 0.4) is 0 Å². The lowest BCUT2D eigenvalue weighted by atomic mass is 9.98. The first-order chi connectivity index (χ1) is 7.88. The van der Waals surface area contributed by atoms with Gasteiger partial charge in [0.25, 0.3) is 0 Å². The van der Waals surface area contributed by atoms with Gasteiger partial charge in [-0.2, -0.15) is 0 Å². The fourth-order valence-corrected chi connectivity index (χ4v) is 2.90. The molecule has 0 radical (unpaired) electrons. The molecule has 1 N–H and O–H groups in total. The monoisotopic (exact) mass is 239 g/mol. The summed E-state index contributed by atoms with van der Waals surface area (Å²) in [5.41, 5.74) is 3.16. The molecule has 0 amide bonds. The molecule has 4 heteroatoms. The van der Waals surface area contributed by atoms with E-state index >= 15 is 0 Å². The number of nitrogens with one attached hydrogen (secondary N) is 1.